The fraction of sp³-hybridized carbons (Fsp3) is 0.310. The van der Waals surface area contributed by atoms with Crippen LogP contribution in [0.15, 0.2) is 67.0 Å². The minimum absolute atomic E-state index is 0.102. The number of allylic oxidation sites excluding steroid dienone is 6. The first-order valence-electron chi connectivity index (χ1n) is 12.5. The number of phenolic OH excluding ortho intramolecular Hbond substituents is 1. The van der Waals surface area contributed by atoms with Gasteiger partial charge in [0.2, 0.25) is 11.8 Å². The molecule has 200 valence electrons. The molecule has 1 aliphatic heterocycles. The highest BCUT2D eigenvalue weighted by atomic mass is 79.9. The van der Waals surface area contributed by atoms with E-state index < -0.39 is 23.7 Å². The summed E-state index contributed by atoms with van der Waals surface area (Å²) in [6.07, 6.45) is 3.92. The summed E-state index contributed by atoms with van der Waals surface area (Å²) in [5.74, 6) is -3.01. The average Bonchev–Trinajstić information content (AvgIpc) is 3.52. The number of carbonyl (C=O) groups excluding carboxylic acids is 4. The molecule has 3 aliphatic carbocycles. The number of benzene rings is 1. The molecule has 2 heterocycles. The fourth-order valence-corrected chi connectivity index (χ4v) is 8.12. The van der Waals surface area contributed by atoms with Crippen LogP contribution < -0.4 is 4.74 Å². The van der Waals surface area contributed by atoms with Crippen LogP contribution in [0.5, 0.6) is 11.5 Å². The van der Waals surface area contributed by atoms with Crippen molar-refractivity contribution in [2.45, 2.75) is 32.2 Å². The summed E-state index contributed by atoms with van der Waals surface area (Å²) in [4.78, 5) is 56.5. The predicted molar refractivity (Wildman–Crippen MR) is 151 cm³/mol. The average molecular weight is 673 g/mol. The number of methoxy groups -OCH3 is 1. The van der Waals surface area contributed by atoms with Gasteiger partial charge in [0.1, 0.15) is 0 Å². The second kappa shape index (κ2) is 9.67. The molecule has 2 amide bonds. The lowest BCUT2D eigenvalue weighted by atomic mass is 9.59. The number of rotatable bonds is 4. The van der Waals surface area contributed by atoms with E-state index in [0.29, 0.717) is 37.6 Å². The molecule has 0 radical (unpaired) electrons. The van der Waals surface area contributed by atoms with Gasteiger partial charge in [-0.3, -0.25) is 24.1 Å². The van der Waals surface area contributed by atoms with Gasteiger partial charge in [-0.2, -0.15) is 0 Å². The van der Waals surface area contributed by atoms with Crippen molar-refractivity contribution in [1.82, 2.24) is 4.90 Å². The van der Waals surface area contributed by atoms with Crippen LogP contribution in [0.3, 0.4) is 0 Å². The Balaban J connectivity index is 1.51. The number of halogens is 2. The lowest BCUT2D eigenvalue weighted by Gasteiger charge is -2.42. The number of aromatic hydroxyl groups is 1. The number of carbonyl (C=O) groups is 4. The van der Waals surface area contributed by atoms with Crippen LogP contribution in [0.4, 0.5) is 0 Å². The third kappa shape index (κ3) is 3.94. The second-order valence-electron chi connectivity index (χ2n) is 10.2. The van der Waals surface area contributed by atoms with Crippen molar-refractivity contribution in [3.63, 3.8) is 0 Å². The number of amides is 2. The number of ketones is 2. The van der Waals surface area contributed by atoms with E-state index in [-0.39, 0.29) is 47.8 Å². The number of nitrogens with zero attached hydrogens (tertiary/aromatic N) is 1. The third-order valence-electron chi connectivity index (χ3n) is 8.26. The molecule has 4 atom stereocenters. The Labute approximate surface area is 245 Å². The normalized spacial score (nSPS) is 26.3. The summed E-state index contributed by atoms with van der Waals surface area (Å²) >= 11 is 8.50. The maximum absolute atomic E-state index is 13.8. The molecular weight excluding hydrogens is 650 g/mol. The van der Waals surface area contributed by atoms with Gasteiger partial charge in [-0.15, -0.1) is 11.3 Å². The van der Waals surface area contributed by atoms with Crippen LogP contribution in [0.1, 0.15) is 36.1 Å². The quantitative estimate of drug-likeness (QED) is 0.257. The largest absolute Gasteiger partial charge is 0.503 e. The van der Waals surface area contributed by atoms with Crippen molar-refractivity contribution in [2.24, 2.45) is 17.8 Å². The SMILES string of the molecule is COc1cc(C2C3=CCC4C(=O)N(Cc5cccs5)C(=O)C4C3CC3=C2C(=O)C(C)=CC3=O)c(Br)c(Br)c1O. The molecule has 1 N–H and O–H groups in total. The van der Waals surface area contributed by atoms with E-state index in [1.165, 1.54) is 29.4 Å². The molecule has 0 spiro atoms. The van der Waals surface area contributed by atoms with Crippen molar-refractivity contribution >= 4 is 66.6 Å². The Morgan fingerprint density at radius 1 is 1.13 bits per heavy atom. The van der Waals surface area contributed by atoms with Crippen LogP contribution >= 0.6 is 43.2 Å². The smallest absolute Gasteiger partial charge is 0.234 e. The van der Waals surface area contributed by atoms with Gasteiger partial charge in [-0.1, -0.05) is 17.7 Å². The van der Waals surface area contributed by atoms with E-state index in [2.05, 4.69) is 31.9 Å². The molecule has 6 rings (SSSR count). The first-order chi connectivity index (χ1) is 18.6. The number of fused-ring (bicyclic) bond motifs is 3. The first-order valence-corrected chi connectivity index (χ1v) is 14.9. The Hall–Kier alpha value is -2.82. The molecule has 39 heavy (non-hydrogen) atoms. The number of phenols is 1. The number of thiophene rings is 1. The molecule has 1 aromatic heterocycles. The zero-order valence-corrected chi connectivity index (χ0v) is 25.0. The summed E-state index contributed by atoms with van der Waals surface area (Å²) in [5, 5.41) is 12.5. The Morgan fingerprint density at radius 2 is 1.90 bits per heavy atom. The highest BCUT2D eigenvalue weighted by molar-refractivity contribution is 9.13. The first kappa shape index (κ1) is 26.4. The van der Waals surface area contributed by atoms with Crippen LogP contribution in [-0.2, 0) is 25.7 Å². The van der Waals surface area contributed by atoms with Gasteiger partial charge >= 0.3 is 0 Å². The van der Waals surface area contributed by atoms with Crippen LogP contribution in [-0.4, -0.2) is 40.5 Å². The second-order valence-corrected chi connectivity index (χ2v) is 12.8. The van der Waals surface area contributed by atoms with Gasteiger partial charge in [-0.25, -0.2) is 0 Å². The zero-order chi connectivity index (χ0) is 27.7. The molecule has 1 aromatic carbocycles. The molecule has 10 heteroatoms. The molecular formula is C29H23Br2NO6S. The molecule has 0 saturated carbocycles. The highest BCUT2D eigenvalue weighted by Gasteiger charge is 2.56. The van der Waals surface area contributed by atoms with Crippen molar-refractivity contribution in [1.29, 1.82) is 0 Å². The fourth-order valence-electron chi connectivity index (χ4n) is 6.47. The standard InChI is InChI=1S/C29H23Br2NO6S/c1-12-8-19(33)17-9-16-14(5-6-15-22(16)29(37)32(28(15)36)11-13-4-3-7-39-13)21(23(17)26(12)34)18-10-20(38-2)27(35)25(31)24(18)30/h3-5,7-8,10,15-16,21-22,35H,6,9,11H2,1-2H3. The molecule has 1 fully saturated rings. The van der Waals surface area contributed by atoms with Crippen molar-refractivity contribution in [2.75, 3.05) is 7.11 Å². The molecule has 7 nitrogen and oxygen atoms in total. The minimum atomic E-state index is -0.658. The van der Waals surface area contributed by atoms with Crippen LogP contribution in [0, 0.1) is 17.8 Å². The van der Waals surface area contributed by atoms with Crippen LogP contribution in [0.25, 0.3) is 0 Å². The number of hydrogen-bond donors (Lipinski definition) is 1. The van der Waals surface area contributed by atoms with Crippen molar-refractivity contribution in [3.05, 3.63) is 77.4 Å². The topological polar surface area (TPSA) is 101 Å². The van der Waals surface area contributed by atoms with Crippen molar-refractivity contribution in [3.8, 4) is 11.5 Å². The Morgan fingerprint density at radius 3 is 2.59 bits per heavy atom. The van der Waals surface area contributed by atoms with Gasteiger partial charge in [0.25, 0.3) is 0 Å². The van der Waals surface area contributed by atoms with Gasteiger partial charge in [0.05, 0.1) is 30.0 Å². The monoisotopic (exact) mass is 671 g/mol. The van der Waals surface area contributed by atoms with E-state index >= 15 is 0 Å². The van der Waals surface area contributed by atoms with Gasteiger partial charge in [0.15, 0.2) is 23.1 Å². The highest BCUT2D eigenvalue weighted by Crippen LogP contribution is 2.57. The maximum Gasteiger partial charge on any atom is 0.234 e. The molecule has 4 unspecified atom stereocenters. The Bertz CT molecular complexity index is 1570. The van der Waals surface area contributed by atoms with Crippen LogP contribution in [0.2, 0.25) is 0 Å². The predicted octanol–water partition coefficient (Wildman–Crippen LogP) is 5.62. The minimum Gasteiger partial charge on any atom is -0.503 e. The summed E-state index contributed by atoms with van der Waals surface area (Å²) in [6, 6.07) is 5.45. The summed E-state index contributed by atoms with van der Waals surface area (Å²) in [7, 11) is 1.44. The van der Waals surface area contributed by atoms with E-state index in [1.807, 2.05) is 23.6 Å². The zero-order valence-electron chi connectivity index (χ0n) is 21.0. The number of imide groups is 1. The number of likely N-dealkylation sites (tertiary alicyclic amines) is 1. The van der Waals surface area contributed by atoms with E-state index in [0.717, 1.165) is 10.5 Å². The van der Waals surface area contributed by atoms with E-state index in [4.69, 9.17) is 4.74 Å². The maximum atomic E-state index is 13.8. The van der Waals surface area contributed by atoms with Gasteiger partial charge in [-0.05, 0) is 86.7 Å². The number of hydrogen-bond acceptors (Lipinski definition) is 7. The number of Topliss-reactive ketones (excluding diaryl/α,β-unsaturated/α-hetero) is 1. The lowest BCUT2D eigenvalue weighted by Crippen LogP contribution is -2.39. The van der Waals surface area contributed by atoms with Gasteiger partial charge in [0, 0.05) is 32.0 Å². The molecule has 1 saturated heterocycles. The Kier molecular flexibility index (Phi) is 6.55. The van der Waals surface area contributed by atoms with E-state index in [9.17, 15) is 24.3 Å². The molecule has 2 aromatic rings. The van der Waals surface area contributed by atoms with Crippen molar-refractivity contribution < 1.29 is 29.0 Å². The third-order valence-corrected chi connectivity index (χ3v) is 11.3. The molecule has 0 bridgehead atoms. The van der Waals surface area contributed by atoms with Gasteiger partial charge < -0.3 is 9.84 Å². The lowest BCUT2D eigenvalue weighted by molar-refractivity contribution is -0.140. The van der Waals surface area contributed by atoms with E-state index in [1.54, 1.807) is 13.0 Å². The molecule has 4 aliphatic rings. The summed E-state index contributed by atoms with van der Waals surface area (Å²) in [5.41, 5.74) is 2.58. The summed E-state index contributed by atoms with van der Waals surface area (Å²) < 4.78 is 6.28. The summed E-state index contributed by atoms with van der Waals surface area (Å²) in [6.45, 7) is 1.86. The number of ether oxygens (including phenoxy) is 1.